The Morgan fingerprint density at radius 3 is 2.58 bits per heavy atom. The van der Waals surface area contributed by atoms with E-state index in [4.69, 9.17) is 9.47 Å². The van der Waals surface area contributed by atoms with Crippen LogP contribution in [0.15, 0.2) is 48.5 Å². The first kappa shape index (κ1) is 17.6. The summed E-state index contributed by atoms with van der Waals surface area (Å²) < 4.78 is 10.6. The highest BCUT2D eigenvalue weighted by molar-refractivity contribution is 5.90. The molecule has 0 spiro atoms. The van der Waals surface area contributed by atoms with Gasteiger partial charge in [-0.05, 0) is 18.2 Å². The molecule has 2 aromatic rings. The number of methoxy groups -OCH3 is 1. The second kappa shape index (κ2) is 8.79. The minimum Gasteiger partial charge on any atom is -0.508 e. The van der Waals surface area contributed by atoms with Crippen LogP contribution in [0.25, 0.3) is 0 Å². The van der Waals surface area contributed by atoms with Crippen LogP contribution in [0.4, 0.5) is 10.5 Å². The molecule has 2 aromatic carbocycles. The number of aromatic hydroxyl groups is 1. The summed E-state index contributed by atoms with van der Waals surface area (Å²) in [6.45, 7) is 1.16. The summed E-state index contributed by atoms with van der Waals surface area (Å²) in [4.78, 5) is 13.9. The van der Waals surface area contributed by atoms with E-state index >= 15 is 0 Å². The molecule has 2 rings (SSSR count). The number of para-hydroxylation sites is 3. The number of amides is 2. The second-order valence-corrected chi connectivity index (χ2v) is 5.25. The number of carbonyl (C=O) groups excluding carboxylic acids is 1. The van der Waals surface area contributed by atoms with Gasteiger partial charge in [0.2, 0.25) is 0 Å². The Hall–Kier alpha value is -2.73. The fraction of sp³-hybridized carbons (Fsp3) is 0.278. The van der Waals surface area contributed by atoms with Crippen LogP contribution in [0.1, 0.15) is 5.56 Å². The van der Waals surface area contributed by atoms with E-state index in [1.807, 2.05) is 18.2 Å². The molecular weight excluding hydrogens is 308 g/mol. The maximum atomic E-state index is 12.4. The van der Waals surface area contributed by atoms with Gasteiger partial charge in [-0.15, -0.1) is 0 Å². The minimum absolute atomic E-state index is 0.167. The fourth-order valence-electron chi connectivity index (χ4n) is 2.11. The zero-order chi connectivity index (χ0) is 17.4. The van der Waals surface area contributed by atoms with E-state index < -0.39 is 0 Å². The largest absolute Gasteiger partial charge is 0.508 e. The molecule has 0 aromatic heterocycles. The van der Waals surface area contributed by atoms with E-state index in [0.29, 0.717) is 36.8 Å². The molecule has 0 saturated carbocycles. The van der Waals surface area contributed by atoms with Gasteiger partial charge in [-0.3, -0.25) is 0 Å². The molecule has 2 N–H and O–H groups in total. The third-order valence-corrected chi connectivity index (χ3v) is 3.42. The molecule has 0 fully saturated rings. The molecule has 2 amide bonds. The van der Waals surface area contributed by atoms with Crippen LogP contribution in [0.2, 0.25) is 0 Å². The number of carbonyl (C=O) groups is 1. The Bertz CT molecular complexity index is 676. The summed E-state index contributed by atoms with van der Waals surface area (Å²) >= 11 is 0. The van der Waals surface area contributed by atoms with Crippen LogP contribution in [0, 0.1) is 0 Å². The van der Waals surface area contributed by atoms with Crippen molar-refractivity contribution in [3.8, 4) is 11.5 Å². The van der Waals surface area contributed by atoms with Crippen LogP contribution in [0.3, 0.4) is 0 Å². The molecule has 0 aliphatic heterocycles. The number of nitrogens with one attached hydrogen (secondary N) is 1. The number of benzene rings is 2. The molecule has 0 bridgehead atoms. The average molecular weight is 330 g/mol. The van der Waals surface area contributed by atoms with Crippen LogP contribution in [-0.4, -0.2) is 43.4 Å². The Labute approximate surface area is 141 Å². The van der Waals surface area contributed by atoms with E-state index in [-0.39, 0.29) is 11.8 Å². The van der Waals surface area contributed by atoms with E-state index in [9.17, 15) is 9.90 Å². The van der Waals surface area contributed by atoms with E-state index in [2.05, 4.69) is 5.32 Å². The van der Waals surface area contributed by atoms with Crippen molar-refractivity contribution in [1.29, 1.82) is 0 Å². The molecule has 0 aliphatic carbocycles. The van der Waals surface area contributed by atoms with Gasteiger partial charge in [0.1, 0.15) is 18.1 Å². The third kappa shape index (κ3) is 4.89. The number of ether oxygens (including phenoxy) is 2. The number of anilines is 1. The maximum absolute atomic E-state index is 12.4. The summed E-state index contributed by atoms with van der Waals surface area (Å²) in [6, 6.07) is 13.9. The SMILES string of the molecule is COCCOc1ccccc1NC(=O)N(C)Cc1ccccc1O. The van der Waals surface area contributed by atoms with Gasteiger partial charge in [0.25, 0.3) is 0 Å². The summed E-state index contributed by atoms with van der Waals surface area (Å²) in [5.41, 5.74) is 1.27. The first-order valence-electron chi connectivity index (χ1n) is 7.61. The lowest BCUT2D eigenvalue weighted by Gasteiger charge is -2.20. The average Bonchev–Trinajstić information content (AvgIpc) is 2.58. The monoisotopic (exact) mass is 330 g/mol. The predicted molar refractivity (Wildman–Crippen MR) is 92.4 cm³/mol. The zero-order valence-electron chi connectivity index (χ0n) is 13.9. The minimum atomic E-state index is -0.291. The molecule has 128 valence electrons. The van der Waals surface area contributed by atoms with Gasteiger partial charge in [0, 0.05) is 19.7 Å². The molecule has 0 aliphatic rings. The summed E-state index contributed by atoms with van der Waals surface area (Å²) in [5, 5.41) is 12.6. The maximum Gasteiger partial charge on any atom is 0.321 e. The van der Waals surface area contributed by atoms with E-state index in [0.717, 1.165) is 0 Å². The van der Waals surface area contributed by atoms with E-state index in [1.165, 1.54) is 4.90 Å². The molecular formula is C18H22N2O4. The fourth-order valence-corrected chi connectivity index (χ4v) is 2.11. The quantitative estimate of drug-likeness (QED) is 0.765. The van der Waals surface area contributed by atoms with Crippen LogP contribution in [0.5, 0.6) is 11.5 Å². The van der Waals surface area contributed by atoms with Gasteiger partial charge in [-0.2, -0.15) is 0 Å². The molecule has 0 atom stereocenters. The van der Waals surface area contributed by atoms with Gasteiger partial charge in [-0.25, -0.2) is 4.79 Å². The van der Waals surface area contributed by atoms with Crippen molar-refractivity contribution < 1.29 is 19.4 Å². The molecule has 6 heteroatoms. The lowest BCUT2D eigenvalue weighted by Crippen LogP contribution is -2.31. The standard InChI is InChI=1S/C18H22N2O4/c1-20(13-14-7-3-5-9-16(14)21)18(22)19-15-8-4-6-10-17(15)24-12-11-23-2/h3-10,21H,11-13H2,1-2H3,(H,19,22). The number of hydrogen-bond acceptors (Lipinski definition) is 4. The topological polar surface area (TPSA) is 71.0 Å². The highest BCUT2D eigenvalue weighted by Gasteiger charge is 2.13. The summed E-state index contributed by atoms with van der Waals surface area (Å²) in [5.74, 6) is 0.749. The molecule has 24 heavy (non-hydrogen) atoms. The van der Waals surface area contributed by atoms with Gasteiger partial charge >= 0.3 is 6.03 Å². The Morgan fingerprint density at radius 1 is 1.12 bits per heavy atom. The number of urea groups is 1. The zero-order valence-corrected chi connectivity index (χ0v) is 13.9. The molecule has 0 saturated heterocycles. The number of phenolic OH excluding ortho intramolecular Hbond substituents is 1. The Kier molecular flexibility index (Phi) is 6.45. The normalized spacial score (nSPS) is 10.2. The van der Waals surface area contributed by atoms with Crippen molar-refractivity contribution in [2.45, 2.75) is 6.54 Å². The molecule has 0 radical (unpaired) electrons. The molecule has 6 nitrogen and oxygen atoms in total. The van der Waals surface area contributed by atoms with Crippen molar-refractivity contribution in [2.75, 3.05) is 32.7 Å². The van der Waals surface area contributed by atoms with Gasteiger partial charge in [-0.1, -0.05) is 30.3 Å². The lowest BCUT2D eigenvalue weighted by atomic mass is 10.2. The highest BCUT2D eigenvalue weighted by Crippen LogP contribution is 2.24. The number of rotatable bonds is 7. The smallest absolute Gasteiger partial charge is 0.321 e. The second-order valence-electron chi connectivity index (χ2n) is 5.25. The number of nitrogens with zero attached hydrogens (tertiary/aromatic N) is 1. The van der Waals surface area contributed by atoms with Crippen molar-refractivity contribution in [2.24, 2.45) is 0 Å². The summed E-state index contributed by atoms with van der Waals surface area (Å²) in [6.07, 6.45) is 0. The molecule has 0 heterocycles. The predicted octanol–water partition coefficient (Wildman–Crippen LogP) is 3.08. The van der Waals surface area contributed by atoms with Crippen molar-refractivity contribution in [3.05, 3.63) is 54.1 Å². The number of hydrogen-bond donors (Lipinski definition) is 2. The highest BCUT2D eigenvalue weighted by atomic mass is 16.5. The summed E-state index contributed by atoms with van der Waals surface area (Å²) in [7, 11) is 3.27. The van der Waals surface area contributed by atoms with Crippen molar-refractivity contribution >= 4 is 11.7 Å². The lowest BCUT2D eigenvalue weighted by molar-refractivity contribution is 0.146. The van der Waals surface area contributed by atoms with Crippen LogP contribution in [-0.2, 0) is 11.3 Å². The van der Waals surface area contributed by atoms with Gasteiger partial charge in [0.15, 0.2) is 0 Å². The first-order valence-corrected chi connectivity index (χ1v) is 7.61. The number of phenols is 1. The van der Waals surface area contributed by atoms with Gasteiger partial charge in [0.05, 0.1) is 18.8 Å². The van der Waals surface area contributed by atoms with Gasteiger partial charge < -0.3 is 24.8 Å². The molecule has 0 unspecified atom stereocenters. The van der Waals surface area contributed by atoms with Crippen LogP contribution < -0.4 is 10.1 Å². The van der Waals surface area contributed by atoms with Crippen molar-refractivity contribution in [3.63, 3.8) is 0 Å². The Balaban J connectivity index is 2.00. The third-order valence-electron chi connectivity index (χ3n) is 3.42. The van der Waals surface area contributed by atoms with E-state index in [1.54, 1.807) is 44.5 Å². The van der Waals surface area contributed by atoms with Crippen molar-refractivity contribution in [1.82, 2.24) is 4.90 Å². The Morgan fingerprint density at radius 2 is 1.83 bits per heavy atom. The first-order chi connectivity index (χ1) is 11.6. The van der Waals surface area contributed by atoms with Crippen LogP contribution >= 0.6 is 0 Å².